The van der Waals surface area contributed by atoms with Crippen LogP contribution in [-0.2, 0) is 0 Å². The molecular formula is C4H5N5O3. The van der Waals surface area contributed by atoms with Crippen LogP contribution in [0.4, 0.5) is 11.6 Å². The number of aromatic amines is 1. The number of nitroso groups, excluding NO2 is 1. The standard InChI is InChI=1S/C4H5N5O3/c1-8(7-10)3-4(9(11)12)6-2-5-3/h2H,1H3,(H,5,6). The smallest absolute Gasteiger partial charge is 0.358 e. The van der Waals surface area contributed by atoms with E-state index in [4.69, 9.17) is 0 Å². The second kappa shape index (κ2) is 2.95. The van der Waals surface area contributed by atoms with Crippen molar-refractivity contribution in [2.45, 2.75) is 0 Å². The number of hydrogen-bond donors (Lipinski definition) is 1. The highest BCUT2D eigenvalue weighted by Crippen LogP contribution is 2.21. The van der Waals surface area contributed by atoms with Crippen molar-refractivity contribution in [1.82, 2.24) is 9.97 Å². The molecule has 0 unspecified atom stereocenters. The summed E-state index contributed by atoms with van der Waals surface area (Å²) in [5.41, 5.74) is 0. The summed E-state index contributed by atoms with van der Waals surface area (Å²) in [6.07, 6.45) is 1.12. The van der Waals surface area contributed by atoms with Crippen molar-refractivity contribution in [3.8, 4) is 0 Å². The second-order valence-corrected chi connectivity index (χ2v) is 1.94. The number of hydrogen-bond acceptors (Lipinski definition) is 5. The number of H-pyrrole nitrogens is 1. The van der Waals surface area contributed by atoms with E-state index in [9.17, 15) is 15.0 Å². The fourth-order valence-electron chi connectivity index (χ4n) is 0.690. The molecule has 1 heterocycles. The summed E-state index contributed by atoms with van der Waals surface area (Å²) in [7, 11) is 1.27. The zero-order valence-electron chi connectivity index (χ0n) is 6.09. The molecular weight excluding hydrogens is 166 g/mol. The molecule has 1 N–H and O–H groups in total. The summed E-state index contributed by atoms with van der Waals surface area (Å²) in [5.74, 6) is -0.452. The van der Waals surface area contributed by atoms with E-state index >= 15 is 0 Å². The molecule has 0 aliphatic rings. The number of aromatic nitrogens is 2. The molecule has 64 valence electrons. The van der Waals surface area contributed by atoms with Crippen molar-refractivity contribution in [3.63, 3.8) is 0 Å². The molecule has 0 atom stereocenters. The summed E-state index contributed by atoms with van der Waals surface area (Å²) in [4.78, 5) is 25.4. The maximum absolute atomic E-state index is 10.3. The van der Waals surface area contributed by atoms with Gasteiger partial charge in [-0.05, 0) is 4.92 Å². The first kappa shape index (κ1) is 8.11. The maximum Gasteiger partial charge on any atom is 0.366 e. The van der Waals surface area contributed by atoms with Gasteiger partial charge in [-0.3, -0.25) is 0 Å². The van der Waals surface area contributed by atoms with Crippen LogP contribution in [0.1, 0.15) is 0 Å². The van der Waals surface area contributed by atoms with Crippen molar-refractivity contribution in [1.29, 1.82) is 0 Å². The van der Waals surface area contributed by atoms with Crippen molar-refractivity contribution in [2.24, 2.45) is 5.29 Å². The first-order valence-electron chi connectivity index (χ1n) is 2.91. The molecule has 1 aromatic heterocycles. The Hall–Kier alpha value is -1.99. The minimum absolute atomic E-state index is 0.102. The van der Waals surface area contributed by atoms with Gasteiger partial charge in [0.25, 0.3) is 0 Å². The number of nitrogens with zero attached hydrogens (tertiary/aromatic N) is 4. The van der Waals surface area contributed by atoms with Crippen LogP contribution >= 0.6 is 0 Å². The monoisotopic (exact) mass is 171 g/mol. The minimum atomic E-state index is -0.677. The normalized spacial score (nSPS) is 9.42. The van der Waals surface area contributed by atoms with Crippen molar-refractivity contribution in [3.05, 3.63) is 21.3 Å². The predicted molar refractivity (Wildman–Crippen MR) is 39.4 cm³/mol. The molecule has 8 heteroatoms. The van der Waals surface area contributed by atoms with Gasteiger partial charge in [-0.25, -0.2) is 9.99 Å². The summed E-state index contributed by atoms with van der Waals surface area (Å²) < 4.78 is 0. The molecule has 0 saturated carbocycles. The molecule has 0 saturated heterocycles. The van der Waals surface area contributed by atoms with E-state index in [2.05, 4.69) is 15.3 Å². The van der Waals surface area contributed by atoms with E-state index in [0.717, 1.165) is 11.3 Å². The van der Waals surface area contributed by atoms with Gasteiger partial charge in [-0.15, -0.1) is 4.91 Å². The highest BCUT2D eigenvalue weighted by Gasteiger charge is 2.19. The Morgan fingerprint density at radius 3 is 3.00 bits per heavy atom. The Balaban J connectivity index is 3.06. The Morgan fingerprint density at radius 2 is 2.50 bits per heavy atom. The highest BCUT2D eigenvalue weighted by atomic mass is 16.6. The van der Waals surface area contributed by atoms with Crippen LogP contribution in [0, 0.1) is 15.0 Å². The zero-order chi connectivity index (χ0) is 9.14. The Morgan fingerprint density at radius 1 is 1.83 bits per heavy atom. The first-order chi connectivity index (χ1) is 5.66. The van der Waals surface area contributed by atoms with Crippen LogP contribution in [0.2, 0.25) is 0 Å². The van der Waals surface area contributed by atoms with Crippen LogP contribution in [-0.4, -0.2) is 21.9 Å². The Labute approximate surface area is 66.3 Å². The van der Waals surface area contributed by atoms with E-state index in [1.165, 1.54) is 7.05 Å². The Bertz CT molecular complexity index is 307. The van der Waals surface area contributed by atoms with E-state index in [0.29, 0.717) is 0 Å². The van der Waals surface area contributed by atoms with E-state index < -0.39 is 4.92 Å². The average molecular weight is 171 g/mol. The number of nitro groups is 1. The molecule has 8 nitrogen and oxygen atoms in total. The molecule has 0 aliphatic heterocycles. The molecule has 0 bridgehead atoms. The topological polar surface area (TPSA) is 104 Å². The van der Waals surface area contributed by atoms with Crippen molar-refractivity contribution in [2.75, 3.05) is 12.1 Å². The third kappa shape index (κ3) is 1.21. The van der Waals surface area contributed by atoms with E-state index in [1.54, 1.807) is 0 Å². The van der Waals surface area contributed by atoms with E-state index in [-0.39, 0.29) is 11.6 Å². The number of rotatable bonds is 3. The number of imidazole rings is 1. The molecule has 0 aliphatic carbocycles. The third-order valence-corrected chi connectivity index (χ3v) is 1.21. The fourth-order valence-corrected chi connectivity index (χ4v) is 0.690. The lowest BCUT2D eigenvalue weighted by molar-refractivity contribution is -0.388. The molecule has 1 rings (SSSR count). The summed E-state index contributed by atoms with van der Waals surface area (Å²) in [5, 5.41) is 13.5. The quantitative estimate of drug-likeness (QED) is 0.403. The number of nitrogens with one attached hydrogen (secondary N) is 1. The molecule has 0 spiro atoms. The van der Waals surface area contributed by atoms with Crippen LogP contribution in [0.3, 0.4) is 0 Å². The minimum Gasteiger partial charge on any atom is -0.358 e. The van der Waals surface area contributed by atoms with Gasteiger partial charge < -0.3 is 10.1 Å². The molecule has 0 amide bonds. The lowest BCUT2D eigenvalue weighted by atomic mass is 10.6. The second-order valence-electron chi connectivity index (χ2n) is 1.94. The average Bonchev–Trinajstić information content (AvgIpc) is 2.50. The lowest BCUT2D eigenvalue weighted by Crippen LogP contribution is -2.09. The Kier molecular flexibility index (Phi) is 1.99. The zero-order valence-corrected chi connectivity index (χ0v) is 6.09. The van der Waals surface area contributed by atoms with Gasteiger partial charge in [0.2, 0.25) is 5.82 Å². The van der Waals surface area contributed by atoms with Gasteiger partial charge in [0.05, 0.1) is 5.29 Å². The SMILES string of the molecule is CN(N=O)c1nc[nH]c1[N+](=O)[O-]. The fraction of sp³-hybridized carbons (Fsp3) is 0.250. The first-order valence-corrected chi connectivity index (χ1v) is 2.91. The van der Waals surface area contributed by atoms with Crippen LogP contribution in [0.25, 0.3) is 0 Å². The van der Waals surface area contributed by atoms with Gasteiger partial charge in [0.15, 0.2) is 6.33 Å². The lowest BCUT2D eigenvalue weighted by Gasteiger charge is -2.02. The predicted octanol–water partition coefficient (Wildman–Crippen LogP) is 0.435. The molecule has 0 fully saturated rings. The summed E-state index contributed by atoms with van der Waals surface area (Å²) in [6, 6.07) is 0. The van der Waals surface area contributed by atoms with Crippen LogP contribution in [0.15, 0.2) is 11.6 Å². The molecule has 0 radical (unpaired) electrons. The molecule has 1 aromatic rings. The number of anilines is 1. The summed E-state index contributed by atoms with van der Waals surface area (Å²) in [6.45, 7) is 0. The van der Waals surface area contributed by atoms with E-state index in [1.807, 2.05) is 0 Å². The van der Waals surface area contributed by atoms with Crippen LogP contribution < -0.4 is 5.01 Å². The maximum atomic E-state index is 10.3. The largest absolute Gasteiger partial charge is 0.366 e. The van der Waals surface area contributed by atoms with Crippen molar-refractivity contribution >= 4 is 11.6 Å². The van der Waals surface area contributed by atoms with Gasteiger partial charge >= 0.3 is 5.82 Å². The molecule has 0 aromatic carbocycles. The molecule has 12 heavy (non-hydrogen) atoms. The van der Waals surface area contributed by atoms with Crippen LogP contribution in [0.5, 0.6) is 0 Å². The summed E-state index contributed by atoms with van der Waals surface area (Å²) >= 11 is 0. The van der Waals surface area contributed by atoms with Gasteiger partial charge in [-0.2, -0.15) is 4.98 Å². The van der Waals surface area contributed by atoms with Crippen molar-refractivity contribution < 1.29 is 4.92 Å². The van der Waals surface area contributed by atoms with Gasteiger partial charge in [0, 0.05) is 7.05 Å². The third-order valence-electron chi connectivity index (χ3n) is 1.21. The highest BCUT2D eigenvalue weighted by molar-refractivity contribution is 5.51. The van der Waals surface area contributed by atoms with Gasteiger partial charge in [0.1, 0.15) is 0 Å². The van der Waals surface area contributed by atoms with Gasteiger partial charge in [-0.1, -0.05) is 0 Å².